The molecule has 3 rings (SSSR count). The number of fused-ring (bicyclic) bond motifs is 1. The van der Waals surface area contributed by atoms with Crippen molar-refractivity contribution in [3.8, 4) is 0 Å². The van der Waals surface area contributed by atoms with E-state index in [0.29, 0.717) is 5.56 Å². The van der Waals surface area contributed by atoms with E-state index in [1.165, 1.54) is 6.08 Å². The van der Waals surface area contributed by atoms with E-state index < -0.39 is 12.1 Å². The van der Waals surface area contributed by atoms with Crippen LogP contribution in [-0.2, 0) is 16.1 Å². The fourth-order valence-corrected chi connectivity index (χ4v) is 2.55. The van der Waals surface area contributed by atoms with Crippen LogP contribution in [-0.4, -0.2) is 17.2 Å². The summed E-state index contributed by atoms with van der Waals surface area (Å²) in [5.74, 6) is -1.24. The summed E-state index contributed by atoms with van der Waals surface area (Å²) < 4.78 is 5.08. The third-order valence-corrected chi connectivity index (χ3v) is 3.80. The number of carbonyl (C=O) groups is 2. The third-order valence-electron chi connectivity index (χ3n) is 3.80. The maximum atomic E-state index is 11.9. The molecule has 26 heavy (non-hydrogen) atoms. The van der Waals surface area contributed by atoms with Crippen molar-refractivity contribution in [1.29, 1.82) is 0 Å². The highest BCUT2D eigenvalue weighted by Crippen LogP contribution is 2.20. The molecule has 0 bridgehead atoms. The molecule has 0 unspecified atom stereocenters. The molecule has 0 fully saturated rings. The number of carboxylic acids is 1. The minimum absolute atomic E-state index is 0.0633. The fraction of sp³-hybridized carbons (Fsp3) is 0.0476. The van der Waals surface area contributed by atoms with Gasteiger partial charge in [0.2, 0.25) is 0 Å². The van der Waals surface area contributed by atoms with Crippen molar-refractivity contribution in [2.24, 2.45) is 0 Å². The molecule has 0 heterocycles. The lowest BCUT2D eigenvalue weighted by Crippen LogP contribution is -2.27. The van der Waals surface area contributed by atoms with Crippen molar-refractivity contribution in [2.45, 2.75) is 6.61 Å². The monoisotopic (exact) mass is 347 g/mol. The van der Waals surface area contributed by atoms with E-state index in [4.69, 9.17) is 4.74 Å². The molecule has 3 aromatic carbocycles. The van der Waals surface area contributed by atoms with E-state index in [2.05, 4.69) is 5.32 Å². The number of rotatable bonds is 5. The van der Waals surface area contributed by atoms with E-state index >= 15 is 0 Å². The Morgan fingerprint density at radius 3 is 2.38 bits per heavy atom. The first-order valence-corrected chi connectivity index (χ1v) is 8.04. The zero-order chi connectivity index (χ0) is 18.4. The highest BCUT2D eigenvalue weighted by atomic mass is 16.5. The summed E-state index contributed by atoms with van der Waals surface area (Å²) >= 11 is 0. The zero-order valence-corrected chi connectivity index (χ0v) is 13.9. The van der Waals surface area contributed by atoms with Crippen LogP contribution in [0.3, 0.4) is 0 Å². The molecule has 0 aliphatic heterocycles. The quantitative estimate of drug-likeness (QED) is 0.679. The van der Waals surface area contributed by atoms with E-state index in [1.807, 2.05) is 66.7 Å². The van der Waals surface area contributed by atoms with Gasteiger partial charge in [-0.05, 0) is 28.0 Å². The second-order valence-electron chi connectivity index (χ2n) is 5.62. The Bertz CT molecular complexity index is 959. The molecule has 0 spiro atoms. The maximum Gasteiger partial charge on any atom is 0.412 e. The normalized spacial score (nSPS) is 11.2. The van der Waals surface area contributed by atoms with Crippen LogP contribution in [0, 0.1) is 0 Å². The van der Waals surface area contributed by atoms with Crippen LogP contribution in [0.2, 0.25) is 0 Å². The van der Waals surface area contributed by atoms with Gasteiger partial charge >= 0.3 is 12.1 Å². The molecule has 0 aliphatic rings. The third kappa shape index (κ3) is 4.27. The molecule has 130 valence electrons. The summed E-state index contributed by atoms with van der Waals surface area (Å²) in [7, 11) is 0. The summed E-state index contributed by atoms with van der Waals surface area (Å²) in [5.41, 5.74) is 1.26. The second kappa shape index (κ2) is 7.98. The number of alkyl carbamates (subject to hydrolysis) is 1. The molecule has 3 aromatic rings. The SMILES string of the molecule is O=C(N/C(=C\c1cccc2ccccc12)C(=O)O)OCc1ccccc1. The molecule has 0 saturated heterocycles. The first-order chi connectivity index (χ1) is 12.6. The van der Waals surface area contributed by atoms with E-state index in [0.717, 1.165) is 16.3 Å². The summed E-state index contributed by atoms with van der Waals surface area (Å²) in [5, 5.41) is 13.6. The van der Waals surface area contributed by atoms with E-state index in [-0.39, 0.29) is 12.3 Å². The van der Waals surface area contributed by atoms with Gasteiger partial charge in [-0.3, -0.25) is 5.32 Å². The molecule has 2 N–H and O–H groups in total. The maximum absolute atomic E-state index is 11.9. The Morgan fingerprint density at radius 1 is 0.923 bits per heavy atom. The number of nitrogens with one attached hydrogen (secondary N) is 1. The Hall–Kier alpha value is -3.60. The molecule has 0 atom stereocenters. The Labute approximate surface area is 150 Å². The van der Waals surface area contributed by atoms with Crippen molar-refractivity contribution in [1.82, 2.24) is 5.32 Å². The predicted octanol–water partition coefficient (Wildman–Crippen LogP) is 4.19. The summed E-state index contributed by atoms with van der Waals surface area (Å²) in [6.07, 6.45) is 0.608. The lowest BCUT2D eigenvalue weighted by atomic mass is 10.0. The van der Waals surface area contributed by atoms with Gasteiger partial charge in [-0.1, -0.05) is 72.8 Å². The van der Waals surface area contributed by atoms with Crippen LogP contribution in [0.15, 0.2) is 78.5 Å². The lowest BCUT2D eigenvalue weighted by Gasteiger charge is -2.09. The van der Waals surface area contributed by atoms with Gasteiger partial charge < -0.3 is 9.84 Å². The van der Waals surface area contributed by atoms with Crippen LogP contribution in [0.4, 0.5) is 4.79 Å². The molecule has 1 amide bonds. The molecule has 5 heteroatoms. The van der Waals surface area contributed by atoms with Crippen LogP contribution < -0.4 is 5.32 Å². The number of ether oxygens (including phenoxy) is 1. The van der Waals surface area contributed by atoms with Crippen molar-refractivity contribution < 1.29 is 19.4 Å². The van der Waals surface area contributed by atoms with Crippen LogP contribution in [0.25, 0.3) is 16.8 Å². The van der Waals surface area contributed by atoms with Crippen molar-refractivity contribution in [2.75, 3.05) is 0 Å². The van der Waals surface area contributed by atoms with Crippen molar-refractivity contribution in [3.05, 3.63) is 89.6 Å². The first-order valence-electron chi connectivity index (χ1n) is 8.04. The molecule has 0 saturated carbocycles. The molecule has 0 radical (unpaired) electrons. The lowest BCUT2D eigenvalue weighted by molar-refractivity contribution is -0.132. The number of benzene rings is 3. The van der Waals surface area contributed by atoms with Gasteiger partial charge in [0.1, 0.15) is 12.3 Å². The number of hydrogen-bond acceptors (Lipinski definition) is 3. The largest absolute Gasteiger partial charge is 0.477 e. The average Bonchev–Trinajstić information content (AvgIpc) is 2.67. The first kappa shape index (κ1) is 17.2. The summed E-state index contributed by atoms with van der Waals surface area (Å²) in [4.78, 5) is 23.5. The second-order valence-corrected chi connectivity index (χ2v) is 5.62. The standard InChI is InChI=1S/C21H17NO4/c23-20(24)19(22-21(25)26-14-15-7-2-1-3-8-15)13-17-11-6-10-16-9-4-5-12-18(16)17/h1-13H,14H2,(H,22,25)(H,23,24)/b19-13-. The predicted molar refractivity (Wildman–Crippen MR) is 99.3 cm³/mol. The molecule has 0 aliphatic carbocycles. The van der Waals surface area contributed by atoms with Gasteiger partial charge in [0.05, 0.1) is 0 Å². The van der Waals surface area contributed by atoms with Gasteiger partial charge in [-0.15, -0.1) is 0 Å². The van der Waals surface area contributed by atoms with Crippen LogP contribution in [0.1, 0.15) is 11.1 Å². The summed E-state index contributed by atoms with van der Waals surface area (Å²) in [6, 6.07) is 22.4. The Kier molecular flexibility index (Phi) is 5.29. The Morgan fingerprint density at radius 2 is 1.62 bits per heavy atom. The summed E-state index contributed by atoms with van der Waals surface area (Å²) in [6.45, 7) is 0.0633. The topological polar surface area (TPSA) is 75.6 Å². The van der Waals surface area contributed by atoms with Gasteiger partial charge in [0, 0.05) is 0 Å². The van der Waals surface area contributed by atoms with Gasteiger partial charge in [-0.25, -0.2) is 9.59 Å². The zero-order valence-electron chi connectivity index (χ0n) is 13.9. The fourth-order valence-electron chi connectivity index (χ4n) is 2.55. The minimum atomic E-state index is -1.24. The van der Waals surface area contributed by atoms with Crippen LogP contribution in [0.5, 0.6) is 0 Å². The number of carboxylic acid groups (broad SMARTS) is 1. The molecular weight excluding hydrogens is 330 g/mol. The van der Waals surface area contributed by atoms with Gasteiger partial charge in [-0.2, -0.15) is 0 Å². The molecule has 0 aromatic heterocycles. The van der Waals surface area contributed by atoms with Crippen molar-refractivity contribution in [3.63, 3.8) is 0 Å². The minimum Gasteiger partial charge on any atom is -0.477 e. The van der Waals surface area contributed by atoms with Gasteiger partial charge in [0.25, 0.3) is 0 Å². The van der Waals surface area contributed by atoms with Gasteiger partial charge in [0.15, 0.2) is 0 Å². The molecule has 5 nitrogen and oxygen atoms in total. The highest BCUT2D eigenvalue weighted by Gasteiger charge is 2.13. The molecular formula is C21H17NO4. The number of aliphatic carboxylic acids is 1. The number of hydrogen-bond donors (Lipinski definition) is 2. The Balaban J connectivity index is 1.77. The number of amides is 1. The highest BCUT2D eigenvalue weighted by molar-refractivity contribution is 5.99. The average molecular weight is 347 g/mol. The smallest absolute Gasteiger partial charge is 0.412 e. The number of carbonyl (C=O) groups excluding carboxylic acids is 1. The van der Waals surface area contributed by atoms with E-state index in [9.17, 15) is 14.7 Å². The van der Waals surface area contributed by atoms with E-state index in [1.54, 1.807) is 6.07 Å². The van der Waals surface area contributed by atoms with Crippen molar-refractivity contribution >= 4 is 28.9 Å². The van der Waals surface area contributed by atoms with Crippen LogP contribution >= 0.6 is 0 Å².